The van der Waals surface area contributed by atoms with Crippen LogP contribution in [0.2, 0.25) is 0 Å². The van der Waals surface area contributed by atoms with Crippen molar-refractivity contribution >= 4 is 5.97 Å². The lowest BCUT2D eigenvalue weighted by molar-refractivity contribution is 0.0598. The van der Waals surface area contributed by atoms with Crippen molar-refractivity contribution in [3.05, 3.63) is 29.6 Å². The Balaban J connectivity index is 2.01. The summed E-state index contributed by atoms with van der Waals surface area (Å²) in [5, 5.41) is 12.7. The van der Waals surface area contributed by atoms with E-state index in [1.54, 1.807) is 18.3 Å². The van der Waals surface area contributed by atoms with Crippen LogP contribution in [0.5, 0.6) is 0 Å². The highest BCUT2D eigenvalue weighted by molar-refractivity contribution is 5.90. The standard InChI is InChI=1S/C14H20N2O3/c1-19-14(18)11-5-3-7-15-13(11)8-16-12-6-2-4-10(12)9-17/h3,5,7,10,12,16-17H,2,4,6,8-9H2,1H3. The van der Waals surface area contributed by atoms with Crippen LogP contribution in [0.25, 0.3) is 0 Å². The predicted molar refractivity (Wildman–Crippen MR) is 70.6 cm³/mol. The molecule has 104 valence electrons. The fourth-order valence-electron chi connectivity index (χ4n) is 2.63. The van der Waals surface area contributed by atoms with E-state index in [2.05, 4.69) is 10.3 Å². The molecule has 1 aromatic rings. The average Bonchev–Trinajstić information content (AvgIpc) is 2.92. The first-order valence-corrected chi connectivity index (χ1v) is 6.62. The largest absolute Gasteiger partial charge is 0.465 e. The van der Waals surface area contributed by atoms with E-state index in [-0.39, 0.29) is 12.6 Å². The minimum absolute atomic E-state index is 0.212. The number of hydrogen-bond donors (Lipinski definition) is 2. The van der Waals surface area contributed by atoms with Crippen LogP contribution in [0.4, 0.5) is 0 Å². The Morgan fingerprint density at radius 1 is 1.58 bits per heavy atom. The van der Waals surface area contributed by atoms with E-state index in [4.69, 9.17) is 4.74 Å². The minimum Gasteiger partial charge on any atom is -0.465 e. The Morgan fingerprint density at radius 2 is 2.42 bits per heavy atom. The molecule has 0 saturated heterocycles. The number of esters is 1. The van der Waals surface area contributed by atoms with Gasteiger partial charge in [-0.25, -0.2) is 4.79 Å². The number of hydrogen-bond acceptors (Lipinski definition) is 5. The number of methoxy groups -OCH3 is 1. The van der Waals surface area contributed by atoms with Crippen molar-refractivity contribution in [2.24, 2.45) is 5.92 Å². The van der Waals surface area contributed by atoms with Gasteiger partial charge in [0.2, 0.25) is 0 Å². The monoisotopic (exact) mass is 264 g/mol. The molecule has 1 aliphatic carbocycles. The second kappa shape index (κ2) is 6.63. The summed E-state index contributed by atoms with van der Waals surface area (Å²) in [6.45, 7) is 0.732. The Hall–Kier alpha value is -1.46. The molecular formula is C14H20N2O3. The SMILES string of the molecule is COC(=O)c1cccnc1CNC1CCCC1CO. The van der Waals surface area contributed by atoms with Crippen molar-refractivity contribution < 1.29 is 14.6 Å². The number of carbonyl (C=O) groups excluding carboxylic acids is 1. The number of aliphatic hydroxyl groups excluding tert-OH is 1. The maximum atomic E-state index is 11.6. The summed E-state index contributed by atoms with van der Waals surface area (Å²) in [4.78, 5) is 15.9. The fraction of sp³-hybridized carbons (Fsp3) is 0.571. The van der Waals surface area contributed by atoms with E-state index in [0.717, 1.165) is 19.3 Å². The molecule has 1 heterocycles. The number of nitrogens with one attached hydrogen (secondary N) is 1. The lowest BCUT2D eigenvalue weighted by Crippen LogP contribution is -2.34. The summed E-state index contributed by atoms with van der Waals surface area (Å²) in [5.41, 5.74) is 1.19. The Morgan fingerprint density at radius 3 is 3.16 bits per heavy atom. The molecule has 2 unspecified atom stereocenters. The van der Waals surface area contributed by atoms with E-state index < -0.39 is 0 Å². The first-order chi connectivity index (χ1) is 9.26. The smallest absolute Gasteiger partial charge is 0.339 e. The predicted octanol–water partition coefficient (Wildman–Crippen LogP) is 1.12. The summed E-state index contributed by atoms with van der Waals surface area (Å²) < 4.78 is 4.74. The topological polar surface area (TPSA) is 71.5 Å². The van der Waals surface area contributed by atoms with E-state index >= 15 is 0 Å². The molecule has 0 amide bonds. The molecule has 1 aromatic heterocycles. The second-order valence-corrected chi connectivity index (χ2v) is 4.85. The van der Waals surface area contributed by atoms with E-state index in [1.165, 1.54) is 7.11 Å². The zero-order valence-electron chi connectivity index (χ0n) is 11.1. The van der Waals surface area contributed by atoms with Gasteiger partial charge in [0.25, 0.3) is 0 Å². The van der Waals surface area contributed by atoms with Crippen LogP contribution in [0.3, 0.4) is 0 Å². The Kier molecular flexibility index (Phi) is 4.87. The van der Waals surface area contributed by atoms with Crippen molar-refractivity contribution in [1.29, 1.82) is 0 Å². The van der Waals surface area contributed by atoms with Crippen molar-refractivity contribution in [2.75, 3.05) is 13.7 Å². The van der Waals surface area contributed by atoms with Gasteiger partial charge in [0, 0.05) is 25.4 Å². The van der Waals surface area contributed by atoms with E-state index in [9.17, 15) is 9.90 Å². The van der Waals surface area contributed by atoms with Crippen LogP contribution >= 0.6 is 0 Å². The third-order valence-electron chi connectivity index (χ3n) is 3.72. The number of pyridine rings is 1. The first-order valence-electron chi connectivity index (χ1n) is 6.62. The third-order valence-corrected chi connectivity index (χ3v) is 3.72. The minimum atomic E-state index is -0.366. The maximum Gasteiger partial charge on any atom is 0.339 e. The number of ether oxygens (including phenoxy) is 1. The van der Waals surface area contributed by atoms with Crippen LogP contribution < -0.4 is 5.32 Å². The van der Waals surface area contributed by atoms with Gasteiger partial charge in [0.05, 0.1) is 18.4 Å². The normalized spacial score (nSPS) is 22.4. The van der Waals surface area contributed by atoms with Gasteiger partial charge in [-0.1, -0.05) is 6.42 Å². The average molecular weight is 264 g/mol. The first kappa shape index (κ1) is 14.0. The quantitative estimate of drug-likeness (QED) is 0.780. The summed E-state index contributed by atoms with van der Waals surface area (Å²) in [6, 6.07) is 3.74. The number of aromatic nitrogens is 1. The van der Waals surface area contributed by atoms with Gasteiger partial charge in [-0.3, -0.25) is 4.98 Å². The molecule has 0 spiro atoms. The molecule has 1 saturated carbocycles. The van der Waals surface area contributed by atoms with Crippen molar-refractivity contribution in [2.45, 2.75) is 31.8 Å². The van der Waals surface area contributed by atoms with Crippen LogP contribution in [-0.2, 0) is 11.3 Å². The van der Waals surface area contributed by atoms with Crippen LogP contribution in [0.15, 0.2) is 18.3 Å². The van der Waals surface area contributed by atoms with Gasteiger partial charge in [-0.05, 0) is 30.9 Å². The molecule has 2 N–H and O–H groups in total. The summed E-state index contributed by atoms with van der Waals surface area (Å²) >= 11 is 0. The van der Waals surface area contributed by atoms with Crippen LogP contribution in [-0.4, -0.2) is 35.8 Å². The second-order valence-electron chi connectivity index (χ2n) is 4.85. The van der Waals surface area contributed by atoms with Gasteiger partial charge in [-0.2, -0.15) is 0 Å². The number of carbonyl (C=O) groups is 1. The van der Waals surface area contributed by atoms with Gasteiger partial charge in [0.15, 0.2) is 0 Å². The van der Waals surface area contributed by atoms with Crippen molar-refractivity contribution in [3.8, 4) is 0 Å². The van der Waals surface area contributed by atoms with Crippen LogP contribution in [0, 0.1) is 5.92 Å². The Labute approximate surface area is 113 Å². The lowest BCUT2D eigenvalue weighted by Gasteiger charge is -2.19. The van der Waals surface area contributed by atoms with Crippen molar-refractivity contribution in [1.82, 2.24) is 10.3 Å². The zero-order chi connectivity index (χ0) is 13.7. The molecule has 1 fully saturated rings. The molecule has 5 nitrogen and oxygen atoms in total. The summed E-state index contributed by atoms with van der Waals surface area (Å²) in [6.07, 6.45) is 4.92. The van der Waals surface area contributed by atoms with E-state index in [1.807, 2.05) is 0 Å². The van der Waals surface area contributed by atoms with Crippen molar-refractivity contribution in [3.63, 3.8) is 0 Å². The zero-order valence-corrected chi connectivity index (χ0v) is 11.1. The molecule has 0 aliphatic heterocycles. The van der Waals surface area contributed by atoms with Gasteiger partial charge in [-0.15, -0.1) is 0 Å². The van der Waals surface area contributed by atoms with Crippen LogP contribution in [0.1, 0.15) is 35.3 Å². The highest BCUT2D eigenvalue weighted by Crippen LogP contribution is 2.25. The molecule has 1 aliphatic rings. The molecule has 19 heavy (non-hydrogen) atoms. The van der Waals surface area contributed by atoms with Gasteiger partial charge in [0.1, 0.15) is 0 Å². The number of aliphatic hydroxyl groups is 1. The third kappa shape index (κ3) is 3.30. The number of rotatable bonds is 5. The van der Waals surface area contributed by atoms with Gasteiger partial charge < -0.3 is 15.2 Å². The lowest BCUT2D eigenvalue weighted by atomic mass is 10.0. The highest BCUT2D eigenvalue weighted by Gasteiger charge is 2.26. The van der Waals surface area contributed by atoms with E-state index in [0.29, 0.717) is 29.8 Å². The molecule has 5 heteroatoms. The molecule has 0 aromatic carbocycles. The van der Waals surface area contributed by atoms with Gasteiger partial charge >= 0.3 is 5.97 Å². The summed E-state index contributed by atoms with van der Waals surface area (Å²) in [7, 11) is 1.37. The highest BCUT2D eigenvalue weighted by atomic mass is 16.5. The molecule has 2 rings (SSSR count). The maximum absolute atomic E-state index is 11.6. The molecular weight excluding hydrogens is 244 g/mol. The Bertz CT molecular complexity index is 436. The molecule has 0 bridgehead atoms. The molecule has 2 atom stereocenters. The number of nitrogens with zero attached hydrogens (tertiary/aromatic N) is 1. The summed E-state index contributed by atoms with van der Waals surface area (Å²) in [5.74, 6) is -0.0553. The molecule has 0 radical (unpaired) electrons. The fourth-order valence-corrected chi connectivity index (χ4v) is 2.63.